The number of nitrogens with two attached hydrogens (primary N) is 2. The first kappa shape index (κ1) is 44.9. The van der Waals surface area contributed by atoms with Crippen LogP contribution in [-0.2, 0) is 77.9 Å². The zero-order valence-electron chi connectivity index (χ0n) is 35.5. The summed E-state index contributed by atoms with van der Waals surface area (Å²) in [6.45, 7) is 0.0382. The molecule has 1 unspecified atom stereocenters. The van der Waals surface area contributed by atoms with E-state index in [-0.39, 0.29) is 61.0 Å². The standard InChI is InChI=1S/C45H54N8O9S/c1-51-36-23-26(11-17-34(36)52(45(51)60)35-18-20-39(55)50-42(35)57)7-5-3-4-6-8-28-21-29-12-15-32(46)44(59)53-37(24-30(22-28)40(29)53)43(58)49-33(16-19-38(47)54)41(56)48-25-27-9-13-31(14-10-27)63(2,61)62/h9-11,13-14,17,21-23,32-33,35,37H,3-8,12,15-16,18-20,24-25,46H2,1-2H3,(H2,47,54)(H,48,56)(H,49,58)(H,50,55,57)/t32-,33-,35?,37-/m0/s1. The Labute approximate surface area is 364 Å². The monoisotopic (exact) mass is 882 g/mol. The summed E-state index contributed by atoms with van der Waals surface area (Å²) in [6, 6.07) is 12.4. The van der Waals surface area contributed by atoms with Gasteiger partial charge in [-0.1, -0.05) is 43.2 Å². The van der Waals surface area contributed by atoms with Gasteiger partial charge < -0.3 is 22.1 Å². The summed E-state index contributed by atoms with van der Waals surface area (Å²) >= 11 is 0. The van der Waals surface area contributed by atoms with Gasteiger partial charge in [0.05, 0.1) is 27.7 Å². The number of hydrogen-bond donors (Lipinski definition) is 5. The molecule has 3 aromatic carbocycles. The van der Waals surface area contributed by atoms with Gasteiger partial charge in [-0.25, -0.2) is 13.2 Å². The maximum atomic E-state index is 14.1. The number of imidazole rings is 1. The van der Waals surface area contributed by atoms with Crippen molar-refractivity contribution in [3.63, 3.8) is 0 Å². The predicted octanol–water partition coefficient (Wildman–Crippen LogP) is 1.66. The van der Waals surface area contributed by atoms with Gasteiger partial charge in [0, 0.05) is 39.1 Å². The topological polar surface area (TPSA) is 255 Å². The summed E-state index contributed by atoms with van der Waals surface area (Å²) in [7, 11) is -1.71. The number of hydrogen-bond acceptors (Lipinski definition) is 10. The molecule has 17 nitrogen and oxygen atoms in total. The van der Waals surface area contributed by atoms with Crippen LogP contribution in [0, 0.1) is 0 Å². The maximum absolute atomic E-state index is 14.1. The molecule has 7 rings (SSSR count). The van der Waals surface area contributed by atoms with Crippen molar-refractivity contribution in [3.8, 4) is 0 Å². The van der Waals surface area contributed by atoms with Crippen LogP contribution in [-0.4, -0.2) is 77.4 Å². The van der Waals surface area contributed by atoms with Crippen molar-refractivity contribution >= 4 is 62.0 Å². The van der Waals surface area contributed by atoms with Gasteiger partial charge >= 0.3 is 5.69 Å². The van der Waals surface area contributed by atoms with E-state index < -0.39 is 57.6 Å². The second kappa shape index (κ2) is 18.7. The summed E-state index contributed by atoms with van der Waals surface area (Å²) < 4.78 is 26.7. The number of primary amides is 1. The Kier molecular flexibility index (Phi) is 13.3. The Morgan fingerprint density at radius 2 is 1.54 bits per heavy atom. The molecule has 3 aliphatic rings. The predicted molar refractivity (Wildman–Crippen MR) is 234 cm³/mol. The zero-order chi connectivity index (χ0) is 45.2. The molecular weight excluding hydrogens is 829 g/mol. The van der Waals surface area contributed by atoms with Crippen LogP contribution in [0.5, 0.6) is 0 Å². The highest BCUT2D eigenvalue weighted by Gasteiger charge is 2.44. The first-order valence-corrected chi connectivity index (χ1v) is 23.3. The number of imide groups is 1. The number of carbonyl (C=O) groups excluding carboxylic acids is 6. The van der Waals surface area contributed by atoms with E-state index in [1.54, 1.807) is 23.7 Å². The third-order valence-corrected chi connectivity index (χ3v) is 13.5. The molecule has 63 heavy (non-hydrogen) atoms. The molecular formula is C45H54N8O9S. The Bertz CT molecular complexity index is 2650. The van der Waals surface area contributed by atoms with Gasteiger partial charge in [0.15, 0.2) is 9.84 Å². The number of carbonyl (C=O) groups is 6. The number of nitrogens with zero attached hydrogens (tertiary/aromatic N) is 3. The Morgan fingerprint density at radius 3 is 2.22 bits per heavy atom. The smallest absolute Gasteiger partial charge is 0.329 e. The Hall–Kier alpha value is -6.14. The van der Waals surface area contributed by atoms with Crippen LogP contribution in [0.1, 0.15) is 91.6 Å². The molecule has 1 saturated heterocycles. The molecule has 1 aromatic heterocycles. The summed E-state index contributed by atoms with van der Waals surface area (Å²) in [5, 5.41) is 7.87. The molecule has 0 spiro atoms. The van der Waals surface area contributed by atoms with E-state index in [9.17, 15) is 42.0 Å². The number of aryl methyl sites for hydroxylation is 4. The first-order valence-electron chi connectivity index (χ1n) is 21.4. The number of piperidine rings is 1. The highest BCUT2D eigenvalue weighted by atomic mass is 32.2. The normalized spacial score (nSPS) is 19.1. The van der Waals surface area contributed by atoms with Gasteiger partial charge in [0.25, 0.3) is 0 Å². The van der Waals surface area contributed by atoms with Crippen LogP contribution in [0.3, 0.4) is 0 Å². The lowest BCUT2D eigenvalue weighted by Crippen LogP contribution is -2.56. The Balaban J connectivity index is 0.963. The number of sulfone groups is 1. The number of aromatic nitrogens is 2. The summed E-state index contributed by atoms with van der Waals surface area (Å²) in [5.74, 6) is -2.94. The number of unbranched alkanes of at least 4 members (excludes halogenated alkanes) is 3. The minimum absolute atomic E-state index is 0.0382. The molecule has 4 atom stereocenters. The molecule has 1 fully saturated rings. The van der Waals surface area contributed by atoms with E-state index in [2.05, 4.69) is 28.1 Å². The number of rotatable bonds is 17. The Morgan fingerprint density at radius 1 is 0.857 bits per heavy atom. The van der Waals surface area contributed by atoms with Crippen LogP contribution in [0.4, 0.5) is 5.69 Å². The minimum Gasteiger partial charge on any atom is -0.370 e. The van der Waals surface area contributed by atoms with E-state index in [0.717, 1.165) is 72.6 Å². The van der Waals surface area contributed by atoms with Crippen molar-refractivity contribution < 1.29 is 37.2 Å². The SMILES string of the molecule is Cn1c(=O)n(C2CCC(=O)NC2=O)c2ccc(CCCCCCc3cc4c5c(c3)C[C@@H](C(=O)N[C@@H](CCC(N)=O)C(=O)NCc3ccc(S(C)(=O)=O)cc3)N5C(=O)[C@@H](N)CC4)cc21. The molecule has 18 heteroatoms. The lowest BCUT2D eigenvalue weighted by atomic mass is 9.95. The number of benzene rings is 3. The second-order valence-electron chi connectivity index (χ2n) is 17.0. The van der Waals surface area contributed by atoms with Crippen molar-refractivity contribution in [2.75, 3.05) is 11.2 Å². The van der Waals surface area contributed by atoms with E-state index in [1.807, 2.05) is 18.2 Å². The molecule has 334 valence electrons. The lowest BCUT2D eigenvalue weighted by molar-refractivity contribution is -0.136. The molecule has 4 heterocycles. The molecule has 0 aliphatic carbocycles. The maximum Gasteiger partial charge on any atom is 0.329 e. The van der Waals surface area contributed by atoms with Crippen LogP contribution in [0.15, 0.2) is 64.3 Å². The van der Waals surface area contributed by atoms with Gasteiger partial charge in [-0.15, -0.1) is 0 Å². The fourth-order valence-electron chi connectivity index (χ4n) is 8.97. The van der Waals surface area contributed by atoms with E-state index >= 15 is 0 Å². The van der Waals surface area contributed by atoms with Crippen molar-refractivity contribution in [2.24, 2.45) is 18.5 Å². The van der Waals surface area contributed by atoms with E-state index in [1.165, 1.54) is 21.6 Å². The fourth-order valence-corrected chi connectivity index (χ4v) is 9.60. The quantitative estimate of drug-likeness (QED) is 0.0758. The largest absolute Gasteiger partial charge is 0.370 e. The van der Waals surface area contributed by atoms with Crippen molar-refractivity contribution in [1.29, 1.82) is 0 Å². The molecule has 0 radical (unpaired) electrons. The van der Waals surface area contributed by atoms with Crippen LogP contribution in [0.2, 0.25) is 0 Å². The third-order valence-electron chi connectivity index (χ3n) is 12.4. The lowest BCUT2D eigenvalue weighted by Gasteiger charge is -2.28. The molecule has 4 aromatic rings. The van der Waals surface area contributed by atoms with E-state index in [4.69, 9.17) is 11.5 Å². The number of nitrogens with one attached hydrogen (secondary N) is 3. The van der Waals surface area contributed by atoms with E-state index in [0.29, 0.717) is 29.6 Å². The minimum atomic E-state index is -3.40. The first-order chi connectivity index (χ1) is 30.0. The number of anilines is 1. The van der Waals surface area contributed by atoms with Crippen LogP contribution < -0.4 is 38.0 Å². The molecule has 6 amide bonds. The number of amides is 6. The zero-order valence-corrected chi connectivity index (χ0v) is 36.3. The van der Waals surface area contributed by atoms with Gasteiger partial charge in [0.2, 0.25) is 35.4 Å². The van der Waals surface area contributed by atoms with Crippen molar-refractivity contribution in [3.05, 3.63) is 92.9 Å². The summed E-state index contributed by atoms with van der Waals surface area (Å²) in [6.07, 6.45) is 7.95. The highest BCUT2D eigenvalue weighted by Crippen LogP contribution is 2.40. The summed E-state index contributed by atoms with van der Waals surface area (Å²) in [5.41, 5.74) is 18.2. The molecule has 7 N–H and O–H groups in total. The average Bonchev–Trinajstić information content (AvgIpc) is 3.71. The fraction of sp³-hybridized carbons (Fsp3) is 0.444. The second-order valence-corrected chi connectivity index (χ2v) is 19.0. The average molecular weight is 883 g/mol. The third kappa shape index (κ3) is 9.91. The molecule has 0 bridgehead atoms. The number of fused-ring (bicyclic) bond motifs is 1. The van der Waals surface area contributed by atoms with Gasteiger partial charge in [-0.05, 0) is 103 Å². The van der Waals surface area contributed by atoms with Gasteiger partial charge in [-0.3, -0.25) is 48.1 Å². The van der Waals surface area contributed by atoms with Crippen molar-refractivity contribution in [1.82, 2.24) is 25.1 Å². The van der Waals surface area contributed by atoms with Crippen molar-refractivity contribution in [2.45, 2.75) is 119 Å². The van der Waals surface area contributed by atoms with Gasteiger partial charge in [-0.2, -0.15) is 0 Å². The highest BCUT2D eigenvalue weighted by molar-refractivity contribution is 7.90. The summed E-state index contributed by atoms with van der Waals surface area (Å²) in [4.78, 5) is 91.9. The van der Waals surface area contributed by atoms with Crippen LogP contribution in [0.25, 0.3) is 11.0 Å². The molecule has 0 saturated carbocycles. The molecule has 3 aliphatic heterocycles. The van der Waals surface area contributed by atoms with Gasteiger partial charge in [0.1, 0.15) is 18.1 Å². The van der Waals surface area contributed by atoms with Crippen LogP contribution >= 0.6 is 0 Å².